The minimum absolute atomic E-state index is 0.195. The molecule has 0 aromatic heterocycles. The van der Waals surface area contributed by atoms with Gasteiger partial charge >= 0.3 is 0 Å². The molecule has 0 saturated heterocycles. The first-order valence-electron chi connectivity index (χ1n) is 6.14. The minimum Gasteiger partial charge on any atom is -0.493 e. The number of ether oxygens (including phenoxy) is 1. The molecule has 0 N–H and O–H groups in total. The van der Waals surface area contributed by atoms with Crippen molar-refractivity contribution in [3.05, 3.63) is 29.6 Å². The Morgan fingerprint density at radius 3 is 2.53 bits per heavy atom. The zero-order valence-electron chi connectivity index (χ0n) is 11.7. The van der Waals surface area contributed by atoms with Crippen molar-refractivity contribution in [1.82, 2.24) is 0 Å². The van der Waals surface area contributed by atoms with Crippen LogP contribution in [0.4, 0.5) is 4.39 Å². The fourth-order valence-corrected chi connectivity index (χ4v) is 1.21. The van der Waals surface area contributed by atoms with Crippen LogP contribution in [0.25, 0.3) is 0 Å². The van der Waals surface area contributed by atoms with Gasteiger partial charge in [-0.3, -0.25) is 0 Å². The quantitative estimate of drug-likeness (QED) is 0.738. The molecule has 0 fully saturated rings. The van der Waals surface area contributed by atoms with E-state index in [1.165, 1.54) is 12.1 Å². The second-order valence-corrected chi connectivity index (χ2v) is 4.53. The van der Waals surface area contributed by atoms with Crippen molar-refractivity contribution < 1.29 is 11.9 Å². The van der Waals surface area contributed by atoms with Gasteiger partial charge in [0, 0.05) is 6.07 Å². The van der Waals surface area contributed by atoms with Crippen LogP contribution in [0, 0.1) is 5.82 Å². The lowest BCUT2D eigenvalue weighted by molar-refractivity contribution is 0.314. The third-order valence-corrected chi connectivity index (χ3v) is 2.07. The molecular weight excluding hydrogens is 191 g/mol. The average Bonchev–Trinajstić information content (AvgIpc) is 2.14. The summed E-state index contributed by atoms with van der Waals surface area (Å²) in [7, 11) is 0. The van der Waals surface area contributed by atoms with E-state index in [4.69, 9.17) is 7.48 Å². The van der Waals surface area contributed by atoms with Crippen LogP contribution in [0.2, 0.25) is 0 Å². The summed E-state index contributed by atoms with van der Waals surface area (Å²) in [6.45, 7) is 5.84. The molecule has 84 valence electrons. The summed E-state index contributed by atoms with van der Waals surface area (Å²) in [4.78, 5) is 0. The smallest absolute Gasteiger partial charge is 0.127 e. The second kappa shape index (κ2) is 4.65. The van der Waals surface area contributed by atoms with Crippen LogP contribution < -0.4 is 4.74 Å². The van der Waals surface area contributed by atoms with Crippen molar-refractivity contribution in [2.75, 3.05) is 6.56 Å². The Morgan fingerprint density at radius 1 is 1.33 bits per heavy atom. The molecule has 0 saturated carbocycles. The van der Waals surface area contributed by atoms with E-state index in [1.54, 1.807) is 13.0 Å². The Morgan fingerprint density at radius 2 is 2.00 bits per heavy atom. The zero-order valence-corrected chi connectivity index (χ0v) is 9.73. The average molecular weight is 212 g/mol. The Hall–Kier alpha value is -1.05. The first-order valence-corrected chi connectivity index (χ1v) is 5.14. The van der Waals surface area contributed by atoms with E-state index in [0.717, 1.165) is 5.56 Å². The fraction of sp³-hybridized carbons (Fsp3) is 0.538. The summed E-state index contributed by atoms with van der Waals surface area (Å²) in [6.07, 6.45) is 0.217. The van der Waals surface area contributed by atoms with Crippen LogP contribution >= 0.6 is 0 Å². The molecule has 0 aliphatic rings. The topological polar surface area (TPSA) is 9.23 Å². The molecule has 15 heavy (non-hydrogen) atoms. The second-order valence-electron chi connectivity index (χ2n) is 4.53. The van der Waals surface area contributed by atoms with Crippen LogP contribution in [0.5, 0.6) is 5.75 Å². The molecule has 0 amide bonds. The van der Waals surface area contributed by atoms with E-state index in [0.29, 0.717) is 0 Å². The molecule has 0 aliphatic heterocycles. The summed E-state index contributed by atoms with van der Waals surface area (Å²) in [6, 6.07) is 4.35. The van der Waals surface area contributed by atoms with E-state index in [1.807, 2.05) is 20.8 Å². The molecule has 0 bridgehead atoms. The van der Waals surface area contributed by atoms with Gasteiger partial charge in [-0.05, 0) is 29.5 Å². The molecule has 2 heteroatoms. The van der Waals surface area contributed by atoms with Crippen molar-refractivity contribution in [2.24, 2.45) is 0 Å². The lowest BCUT2D eigenvalue weighted by Crippen LogP contribution is -2.11. The molecule has 0 unspecified atom stereocenters. The standard InChI is InChI=1S/C13H19FO/c1-5-6-15-12-8-10(13(2,3)4)7-11(14)9-12/h7-9H,5-6H2,1-4H3/i6D2. The van der Waals surface area contributed by atoms with Gasteiger partial charge in [-0.15, -0.1) is 0 Å². The van der Waals surface area contributed by atoms with Crippen LogP contribution in [0.1, 0.15) is 42.4 Å². The first-order chi connectivity index (χ1) is 7.64. The molecule has 0 aliphatic carbocycles. The summed E-state index contributed by atoms with van der Waals surface area (Å²) in [5.74, 6) is -0.166. The zero-order chi connectivity index (χ0) is 13.3. The third kappa shape index (κ3) is 3.54. The van der Waals surface area contributed by atoms with E-state index < -0.39 is 12.4 Å². The van der Waals surface area contributed by atoms with E-state index in [9.17, 15) is 4.39 Å². The number of rotatable bonds is 3. The molecule has 1 nitrogen and oxygen atoms in total. The number of hydrogen-bond donors (Lipinski definition) is 0. The highest BCUT2D eigenvalue weighted by molar-refractivity contribution is 5.33. The van der Waals surface area contributed by atoms with Crippen molar-refractivity contribution in [3.8, 4) is 5.75 Å². The third-order valence-electron chi connectivity index (χ3n) is 2.07. The molecule has 0 atom stereocenters. The molecule has 1 aromatic carbocycles. The van der Waals surface area contributed by atoms with Gasteiger partial charge in [-0.1, -0.05) is 27.7 Å². The van der Waals surface area contributed by atoms with Crippen LogP contribution in [-0.4, -0.2) is 6.56 Å². The number of hydrogen-bond acceptors (Lipinski definition) is 1. The summed E-state index contributed by atoms with van der Waals surface area (Å²) in [5, 5.41) is 0. The molecule has 1 aromatic rings. The minimum atomic E-state index is -1.76. The van der Waals surface area contributed by atoms with Crippen LogP contribution in [0.15, 0.2) is 18.2 Å². The van der Waals surface area contributed by atoms with Gasteiger partial charge in [-0.25, -0.2) is 4.39 Å². The van der Waals surface area contributed by atoms with Gasteiger partial charge in [0.1, 0.15) is 11.6 Å². The van der Waals surface area contributed by atoms with Gasteiger partial charge in [0.15, 0.2) is 0 Å². The molecule has 0 heterocycles. The monoisotopic (exact) mass is 212 g/mol. The highest BCUT2D eigenvalue weighted by Gasteiger charge is 2.15. The Bertz CT molecular complexity index is 397. The van der Waals surface area contributed by atoms with Gasteiger partial charge in [-0.2, -0.15) is 0 Å². The largest absolute Gasteiger partial charge is 0.493 e. The first kappa shape index (κ1) is 9.20. The predicted molar refractivity (Wildman–Crippen MR) is 60.9 cm³/mol. The van der Waals surface area contributed by atoms with Crippen molar-refractivity contribution >= 4 is 0 Å². The maximum absolute atomic E-state index is 13.4. The maximum Gasteiger partial charge on any atom is 0.127 e. The Labute approximate surface area is 94.1 Å². The molecule has 0 radical (unpaired) electrons. The summed E-state index contributed by atoms with van der Waals surface area (Å²) in [5.41, 5.74) is 0.596. The van der Waals surface area contributed by atoms with Gasteiger partial charge in [0.05, 0.1) is 9.30 Å². The van der Waals surface area contributed by atoms with Crippen LogP contribution in [0.3, 0.4) is 0 Å². The molecule has 0 spiro atoms. The molecule has 1 rings (SSSR count). The highest BCUT2D eigenvalue weighted by atomic mass is 19.1. The van der Waals surface area contributed by atoms with Crippen molar-refractivity contribution in [2.45, 2.75) is 39.5 Å². The lowest BCUT2D eigenvalue weighted by atomic mass is 9.87. The van der Waals surface area contributed by atoms with Crippen LogP contribution in [-0.2, 0) is 5.41 Å². The highest BCUT2D eigenvalue weighted by Crippen LogP contribution is 2.27. The normalized spacial score (nSPS) is 14.5. The Balaban J connectivity index is 3.06. The summed E-state index contributed by atoms with van der Waals surface area (Å²) >= 11 is 0. The SMILES string of the molecule is [2H]C([2H])(CC)Oc1cc(F)cc(C(C)(C)C)c1. The number of benzene rings is 1. The van der Waals surface area contributed by atoms with E-state index in [2.05, 4.69) is 0 Å². The van der Waals surface area contributed by atoms with E-state index in [-0.39, 0.29) is 17.6 Å². The van der Waals surface area contributed by atoms with Crippen molar-refractivity contribution in [3.63, 3.8) is 0 Å². The van der Waals surface area contributed by atoms with Gasteiger partial charge < -0.3 is 4.74 Å². The maximum atomic E-state index is 13.4. The summed E-state index contributed by atoms with van der Waals surface area (Å²) < 4.78 is 33.7. The predicted octanol–water partition coefficient (Wildman–Crippen LogP) is 3.91. The van der Waals surface area contributed by atoms with E-state index >= 15 is 0 Å². The lowest BCUT2D eigenvalue weighted by Gasteiger charge is -2.20. The Kier molecular flexibility index (Phi) is 2.85. The van der Waals surface area contributed by atoms with Gasteiger partial charge in [0.25, 0.3) is 0 Å². The number of halogens is 1. The fourth-order valence-electron chi connectivity index (χ4n) is 1.21. The van der Waals surface area contributed by atoms with Crippen molar-refractivity contribution in [1.29, 1.82) is 0 Å². The molecular formula is C13H19FO. The van der Waals surface area contributed by atoms with Gasteiger partial charge in [0.2, 0.25) is 0 Å².